The number of hydrogen-bond acceptors (Lipinski definition) is 8. The fraction of sp³-hybridized carbons (Fsp3) is 0.417. The van der Waals surface area contributed by atoms with Gasteiger partial charge in [-0.1, -0.05) is 13.8 Å². The van der Waals surface area contributed by atoms with Gasteiger partial charge < -0.3 is 20.4 Å². The Morgan fingerprint density at radius 2 is 2.06 bits per heavy atom. The SMILES string of the molecule is CC(C)CC(=O)NC1=NCc2cnc(Nc3ccc(N4CC5=CN(C)CC5C4)cc3)nc2N1. The maximum atomic E-state index is 12.0. The number of guanidine groups is 1. The first-order chi connectivity index (χ1) is 15.9. The second kappa shape index (κ2) is 8.73. The normalized spacial score (nSPS) is 19.0. The van der Waals surface area contributed by atoms with Gasteiger partial charge in [-0.05, 0) is 35.8 Å². The number of amides is 1. The number of carbonyl (C=O) groups excluding carboxylic acids is 1. The molecule has 4 heterocycles. The van der Waals surface area contributed by atoms with Gasteiger partial charge in [-0.3, -0.25) is 10.1 Å². The van der Waals surface area contributed by atoms with Gasteiger partial charge in [0.05, 0.1) is 6.54 Å². The van der Waals surface area contributed by atoms with Crippen molar-refractivity contribution >= 4 is 35.0 Å². The Morgan fingerprint density at radius 3 is 2.82 bits per heavy atom. The number of fused-ring (bicyclic) bond motifs is 2. The van der Waals surface area contributed by atoms with E-state index in [0.29, 0.717) is 36.6 Å². The number of benzene rings is 1. The van der Waals surface area contributed by atoms with Gasteiger partial charge in [-0.2, -0.15) is 4.98 Å². The Morgan fingerprint density at radius 1 is 1.24 bits per heavy atom. The van der Waals surface area contributed by atoms with Crippen LogP contribution >= 0.6 is 0 Å². The number of aliphatic imine (C=N–C) groups is 1. The largest absolute Gasteiger partial charge is 0.380 e. The van der Waals surface area contributed by atoms with Crippen molar-refractivity contribution in [3.63, 3.8) is 0 Å². The Kier molecular flexibility index (Phi) is 5.62. The summed E-state index contributed by atoms with van der Waals surface area (Å²) in [5.41, 5.74) is 4.56. The first kappa shape index (κ1) is 21.2. The third kappa shape index (κ3) is 4.76. The average molecular weight is 447 g/mol. The van der Waals surface area contributed by atoms with Gasteiger partial charge in [-0.15, -0.1) is 0 Å². The maximum absolute atomic E-state index is 12.0. The fourth-order valence-corrected chi connectivity index (χ4v) is 4.51. The summed E-state index contributed by atoms with van der Waals surface area (Å²) in [5.74, 6) is 2.45. The van der Waals surface area contributed by atoms with Crippen LogP contribution in [0.5, 0.6) is 0 Å². The minimum absolute atomic E-state index is 0.0582. The number of aromatic nitrogens is 2. The number of anilines is 4. The Balaban J connectivity index is 1.21. The van der Waals surface area contributed by atoms with Crippen LogP contribution in [0.1, 0.15) is 25.8 Å². The lowest BCUT2D eigenvalue weighted by Crippen LogP contribution is -2.38. The topological polar surface area (TPSA) is 97.8 Å². The van der Waals surface area contributed by atoms with Gasteiger partial charge in [0.1, 0.15) is 5.82 Å². The molecule has 0 aliphatic carbocycles. The summed E-state index contributed by atoms with van der Waals surface area (Å²) >= 11 is 0. The van der Waals surface area contributed by atoms with E-state index in [1.54, 1.807) is 6.20 Å². The summed E-state index contributed by atoms with van der Waals surface area (Å²) in [5, 5.41) is 9.20. The lowest BCUT2D eigenvalue weighted by molar-refractivity contribution is -0.120. The third-order valence-electron chi connectivity index (χ3n) is 6.08. The molecule has 1 aromatic heterocycles. The van der Waals surface area contributed by atoms with E-state index in [0.717, 1.165) is 30.9 Å². The van der Waals surface area contributed by atoms with E-state index in [9.17, 15) is 4.79 Å². The van der Waals surface area contributed by atoms with Crippen molar-refractivity contribution in [3.8, 4) is 0 Å². The molecule has 1 aromatic carbocycles. The van der Waals surface area contributed by atoms with E-state index in [4.69, 9.17) is 0 Å². The Bertz CT molecular complexity index is 1110. The lowest BCUT2D eigenvalue weighted by atomic mass is 10.1. The van der Waals surface area contributed by atoms with Gasteiger partial charge >= 0.3 is 0 Å². The molecule has 33 heavy (non-hydrogen) atoms. The molecule has 2 aromatic rings. The van der Waals surface area contributed by atoms with Crippen molar-refractivity contribution in [2.75, 3.05) is 42.2 Å². The molecule has 1 fully saturated rings. The molecule has 0 radical (unpaired) electrons. The number of carbonyl (C=O) groups is 1. The minimum Gasteiger partial charge on any atom is -0.380 e. The molecular formula is C24H30N8O. The van der Waals surface area contributed by atoms with Crippen molar-refractivity contribution in [3.05, 3.63) is 47.8 Å². The molecule has 5 rings (SSSR count). The molecule has 0 spiro atoms. The highest BCUT2D eigenvalue weighted by Crippen LogP contribution is 2.32. The van der Waals surface area contributed by atoms with Crippen LogP contribution in [0.15, 0.2) is 47.2 Å². The highest BCUT2D eigenvalue weighted by molar-refractivity contribution is 6.04. The zero-order chi connectivity index (χ0) is 22.9. The highest BCUT2D eigenvalue weighted by Gasteiger charge is 2.32. The van der Waals surface area contributed by atoms with Crippen molar-refractivity contribution in [1.82, 2.24) is 20.2 Å². The predicted molar refractivity (Wildman–Crippen MR) is 131 cm³/mol. The molecule has 1 amide bonds. The molecule has 3 aliphatic rings. The molecular weight excluding hydrogens is 416 g/mol. The second-order valence-electron chi connectivity index (χ2n) is 9.40. The van der Waals surface area contributed by atoms with Crippen LogP contribution < -0.4 is 20.9 Å². The molecule has 3 N–H and O–H groups in total. The molecule has 0 bridgehead atoms. The molecule has 1 atom stereocenters. The molecule has 172 valence electrons. The van der Waals surface area contributed by atoms with Gasteiger partial charge in [0.2, 0.25) is 17.8 Å². The summed E-state index contributed by atoms with van der Waals surface area (Å²) in [4.78, 5) is 30.1. The molecule has 1 saturated heterocycles. The van der Waals surface area contributed by atoms with Crippen molar-refractivity contribution in [1.29, 1.82) is 0 Å². The summed E-state index contributed by atoms with van der Waals surface area (Å²) in [6, 6.07) is 8.39. The fourth-order valence-electron chi connectivity index (χ4n) is 4.51. The van der Waals surface area contributed by atoms with Crippen LogP contribution in [0.25, 0.3) is 0 Å². The van der Waals surface area contributed by atoms with Gasteiger partial charge in [0.15, 0.2) is 0 Å². The molecule has 9 heteroatoms. The molecule has 1 unspecified atom stereocenters. The van der Waals surface area contributed by atoms with Crippen LogP contribution in [0, 0.1) is 11.8 Å². The van der Waals surface area contributed by atoms with E-state index in [1.807, 2.05) is 13.8 Å². The monoisotopic (exact) mass is 446 g/mol. The van der Waals surface area contributed by atoms with Gasteiger partial charge in [0, 0.05) is 68.4 Å². The summed E-state index contributed by atoms with van der Waals surface area (Å²) in [7, 11) is 2.14. The number of nitrogens with one attached hydrogen (secondary N) is 3. The lowest BCUT2D eigenvalue weighted by Gasteiger charge is -2.21. The summed E-state index contributed by atoms with van der Waals surface area (Å²) < 4.78 is 0. The van der Waals surface area contributed by atoms with Crippen LogP contribution in [-0.4, -0.2) is 53.4 Å². The van der Waals surface area contributed by atoms with Crippen LogP contribution in [0.3, 0.4) is 0 Å². The van der Waals surface area contributed by atoms with Gasteiger partial charge in [0.25, 0.3) is 0 Å². The number of rotatable bonds is 5. The smallest absolute Gasteiger partial charge is 0.229 e. The molecule has 3 aliphatic heterocycles. The number of nitrogens with zero attached hydrogens (tertiary/aromatic N) is 5. The van der Waals surface area contributed by atoms with Crippen molar-refractivity contribution in [2.24, 2.45) is 16.8 Å². The Hall–Kier alpha value is -3.62. The first-order valence-electron chi connectivity index (χ1n) is 11.4. The predicted octanol–water partition coefficient (Wildman–Crippen LogP) is 2.93. The van der Waals surface area contributed by atoms with Crippen LogP contribution in [0.2, 0.25) is 0 Å². The van der Waals surface area contributed by atoms with E-state index in [1.165, 1.54) is 11.3 Å². The van der Waals surface area contributed by atoms with Crippen molar-refractivity contribution < 1.29 is 4.79 Å². The zero-order valence-corrected chi connectivity index (χ0v) is 19.3. The Labute approximate surface area is 194 Å². The maximum Gasteiger partial charge on any atom is 0.229 e. The summed E-state index contributed by atoms with van der Waals surface area (Å²) in [6.07, 6.45) is 4.50. The van der Waals surface area contributed by atoms with E-state index >= 15 is 0 Å². The van der Waals surface area contributed by atoms with E-state index in [2.05, 4.69) is 78.2 Å². The van der Waals surface area contributed by atoms with E-state index < -0.39 is 0 Å². The van der Waals surface area contributed by atoms with Crippen LogP contribution in [-0.2, 0) is 11.3 Å². The minimum atomic E-state index is -0.0582. The van der Waals surface area contributed by atoms with Crippen LogP contribution in [0.4, 0.5) is 23.1 Å². The highest BCUT2D eigenvalue weighted by atomic mass is 16.1. The molecule has 0 saturated carbocycles. The second-order valence-corrected chi connectivity index (χ2v) is 9.40. The van der Waals surface area contributed by atoms with Crippen molar-refractivity contribution in [2.45, 2.75) is 26.8 Å². The number of hydrogen-bond donors (Lipinski definition) is 3. The quantitative estimate of drug-likeness (QED) is 0.650. The summed E-state index contributed by atoms with van der Waals surface area (Å²) in [6.45, 7) is 7.63. The first-order valence-corrected chi connectivity index (χ1v) is 11.4. The van der Waals surface area contributed by atoms with Gasteiger partial charge in [-0.25, -0.2) is 9.98 Å². The zero-order valence-electron chi connectivity index (χ0n) is 19.3. The standard InChI is InChI=1S/C24H30N8O/c1-15(2)8-21(33)28-24-26-10-16-9-25-23(29-22(16)30-24)27-19-4-6-20(7-5-19)32-13-17-11-31(3)12-18(17)14-32/h4-7,9,11,15,18H,8,10,12-14H2,1-3H3,(H3,25,26,27,28,29,30,33). The molecule has 9 nitrogen and oxygen atoms in total. The van der Waals surface area contributed by atoms with E-state index in [-0.39, 0.29) is 11.8 Å². The average Bonchev–Trinajstić information content (AvgIpc) is 3.31. The third-order valence-corrected chi connectivity index (χ3v) is 6.08.